The molecule has 0 saturated heterocycles. The van der Waals surface area contributed by atoms with Gasteiger partial charge in [0.1, 0.15) is 28.5 Å². The quantitative estimate of drug-likeness (QED) is 0.108. The lowest BCUT2D eigenvalue weighted by atomic mass is 10.1. The Morgan fingerprint density at radius 2 is 1.24 bits per heavy atom. The molecule has 0 aliphatic rings. The Labute approximate surface area is 336 Å². The van der Waals surface area contributed by atoms with E-state index in [4.69, 9.17) is 19.8 Å². The molecule has 2 aromatic carbocycles. The first-order valence-electron chi connectivity index (χ1n) is 18.2. The van der Waals surface area contributed by atoms with Crippen LogP contribution in [0.2, 0.25) is 0 Å². The number of benzene rings is 2. The molecule has 4 aromatic heterocycles. The van der Waals surface area contributed by atoms with Crippen molar-refractivity contribution < 1.29 is 42.5 Å². The van der Waals surface area contributed by atoms with E-state index >= 15 is 0 Å². The van der Waals surface area contributed by atoms with Crippen LogP contribution < -0.4 is 15.1 Å². The van der Waals surface area contributed by atoms with Crippen LogP contribution in [-0.4, -0.2) is 95.1 Å². The van der Waals surface area contributed by atoms with E-state index in [0.717, 1.165) is 6.20 Å². The number of H-pyrrole nitrogens is 1. The number of hydrogen-bond donors (Lipinski definition) is 4. The van der Waals surface area contributed by atoms with Gasteiger partial charge in [-0.2, -0.15) is 18.3 Å². The smallest absolute Gasteiger partial charge is 0.433 e. The summed E-state index contributed by atoms with van der Waals surface area (Å²) in [4.78, 5) is 60.6. The topological polar surface area (TPSA) is 213 Å². The van der Waals surface area contributed by atoms with Crippen molar-refractivity contribution >= 4 is 57.6 Å². The van der Waals surface area contributed by atoms with E-state index in [1.54, 1.807) is 57.1 Å². The van der Waals surface area contributed by atoms with Gasteiger partial charge in [0.2, 0.25) is 0 Å². The standard InChI is InChI=1S/C23H27N5O4.C17H16F3N5O2/c1-13(2)28(6)20-19(25-16-9-7-14(21(29)30)11-17(16)26-20)15-8-10-18(24-12-15)27-22(31)32-23(3,4)5;1-8(2)25(3)15-13(10-7-21-24-14(10)17(18,19)20)22-11-5-4-9(16(26)27)6-12(11)23-15/h7-13H,1-6H3,(H,29,30)(H,24,27,31);4-8H,1-3H3,(H,21,24)(H,26,27). The van der Waals surface area contributed by atoms with Crippen molar-refractivity contribution in [3.05, 3.63) is 77.7 Å². The maximum absolute atomic E-state index is 13.3. The molecule has 0 aliphatic heterocycles. The second-order valence-corrected chi connectivity index (χ2v) is 14.9. The first kappa shape index (κ1) is 43.2. The van der Waals surface area contributed by atoms with E-state index in [-0.39, 0.29) is 51.3 Å². The molecule has 59 heavy (non-hydrogen) atoms. The first-order chi connectivity index (χ1) is 27.5. The largest absolute Gasteiger partial charge is 0.478 e. The fourth-order valence-electron chi connectivity index (χ4n) is 5.41. The number of carboxylic acids is 2. The number of aromatic nitrogens is 7. The van der Waals surface area contributed by atoms with E-state index in [1.165, 1.54) is 30.3 Å². The highest BCUT2D eigenvalue weighted by Gasteiger charge is 2.37. The second-order valence-electron chi connectivity index (χ2n) is 14.9. The van der Waals surface area contributed by atoms with E-state index in [0.29, 0.717) is 33.9 Å². The lowest BCUT2D eigenvalue weighted by Crippen LogP contribution is -2.27. The Balaban J connectivity index is 0.000000227. The number of carboxylic acid groups (broad SMARTS) is 2. The molecule has 0 saturated carbocycles. The fourth-order valence-corrected chi connectivity index (χ4v) is 5.41. The molecule has 1 amide bonds. The summed E-state index contributed by atoms with van der Waals surface area (Å²) in [7, 11) is 3.58. The minimum Gasteiger partial charge on any atom is -0.478 e. The molecule has 0 fully saturated rings. The SMILES string of the molecule is CC(C)N(C)c1nc2cc(C(=O)O)ccc2nc1-c1ccc(NC(=O)OC(C)(C)C)nc1.CC(C)N(C)c1nc2cc(C(=O)O)ccc2nc1-c1cn[nH]c1C(F)(F)F. The molecule has 0 atom stereocenters. The van der Waals surface area contributed by atoms with Crippen LogP contribution in [0.1, 0.15) is 74.9 Å². The number of alkyl halides is 3. The van der Waals surface area contributed by atoms with Crippen molar-refractivity contribution in [1.82, 2.24) is 35.1 Å². The van der Waals surface area contributed by atoms with Gasteiger partial charge >= 0.3 is 24.2 Å². The third kappa shape index (κ3) is 10.2. The summed E-state index contributed by atoms with van der Waals surface area (Å²) in [6.45, 7) is 13.1. The molecular formula is C40H43F3N10O6. The summed E-state index contributed by atoms with van der Waals surface area (Å²) in [6, 6.07) is 12.2. The molecule has 0 radical (unpaired) electrons. The fraction of sp³-hybridized carbons (Fsp3) is 0.325. The number of ether oxygens (including phenoxy) is 1. The molecule has 19 heteroatoms. The molecule has 0 spiro atoms. The van der Waals surface area contributed by atoms with Crippen LogP contribution in [-0.2, 0) is 10.9 Å². The summed E-state index contributed by atoms with van der Waals surface area (Å²) in [5.41, 5.74) is 1.27. The Hall–Kier alpha value is -6.92. The third-order valence-electron chi connectivity index (χ3n) is 8.85. The number of halogens is 3. The minimum absolute atomic E-state index is 0.0157. The van der Waals surface area contributed by atoms with Gasteiger partial charge in [-0.25, -0.2) is 39.3 Å². The van der Waals surface area contributed by atoms with Gasteiger partial charge in [-0.1, -0.05) is 0 Å². The van der Waals surface area contributed by atoms with Crippen LogP contribution in [0, 0.1) is 0 Å². The average molecular weight is 817 g/mol. The predicted molar refractivity (Wildman–Crippen MR) is 216 cm³/mol. The second kappa shape index (κ2) is 16.9. The monoisotopic (exact) mass is 816 g/mol. The Morgan fingerprint density at radius 1 is 0.729 bits per heavy atom. The number of nitrogens with one attached hydrogen (secondary N) is 2. The highest BCUT2D eigenvalue weighted by Crippen LogP contribution is 2.39. The minimum atomic E-state index is -4.64. The van der Waals surface area contributed by atoms with Crippen LogP contribution in [0.3, 0.4) is 0 Å². The van der Waals surface area contributed by atoms with Crippen molar-refractivity contribution in [2.24, 2.45) is 0 Å². The number of nitrogens with zero attached hydrogens (tertiary/aromatic N) is 8. The van der Waals surface area contributed by atoms with Gasteiger partial charge in [0.15, 0.2) is 11.6 Å². The normalized spacial score (nSPS) is 11.7. The molecule has 6 rings (SSSR count). The molecule has 310 valence electrons. The number of aromatic amines is 1. The lowest BCUT2D eigenvalue weighted by Gasteiger charge is -2.25. The molecule has 0 unspecified atom stereocenters. The number of carbonyl (C=O) groups excluding carboxylic acids is 1. The molecule has 16 nitrogen and oxygen atoms in total. The molecule has 0 aliphatic carbocycles. The van der Waals surface area contributed by atoms with Crippen LogP contribution in [0.15, 0.2) is 60.9 Å². The summed E-state index contributed by atoms with van der Waals surface area (Å²) in [6.07, 6.45) is -2.56. The van der Waals surface area contributed by atoms with Crippen LogP contribution in [0.25, 0.3) is 44.6 Å². The van der Waals surface area contributed by atoms with Gasteiger partial charge in [-0.05, 0) is 97.0 Å². The molecule has 0 bridgehead atoms. The van der Waals surface area contributed by atoms with Crippen LogP contribution in [0.4, 0.5) is 35.4 Å². The van der Waals surface area contributed by atoms with Gasteiger partial charge in [0.25, 0.3) is 0 Å². The Kier molecular flexibility index (Phi) is 12.4. The highest BCUT2D eigenvalue weighted by atomic mass is 19.4. The zero-order chi connectivity index (χ0) is 43.6. The third-order valence-corrected chi connectivity index (χ3v) is 8.85. The number of amides is 1. The Morgan fingerprint density at radius 3 is 1.68 bits per heavy atom. The maximum atomic E-state index is 13.3. The summed E-state index contributed by atoms with van der Waals surface area (Å²) >= 11 is 0. The van der Waals surface area contributed by atoms with Crippen molar-refractivity contribution in [2.45, 2.75) is 72.3 Å². The van der Waals surface area contributed by atoms with Crippen molar-refractivity contribution in [3.8, 4) is 22.5 Å². The number of pyridine rings is 1. The van der Waals surface area contributed by atoms with Gasteiger partial charge in [-0.15, -0.1) is 0 Å². The summed E-state index contributed by atoms with van der Waals surface area (Å²) in [5.74, 6) is -0.997. The Bertz CT molecular complexity index is 2520. The van der Waals surface area contributed by atoms with E-state index in [9.17, 15) is 32.7 Å². The zero-order valence-corrected chi connectivity index (χ0v) is 33.7. The van der Waals surface area contributed by atoms with Crippen molar-refractivity contribution in [3.63, 3.8) is 0 Å². The van der Waals surface area contributed by atoms with Gasteiger partial charge < -0.3 is 24.7 Å². The first-order valence-corrected chi connectivity index (χ1v) is 18.2. The summed E-state index contributed by atoms with van der Waals surface area (Å²) < 4.78 is 45.2. The van der Waals surface area contributed by atoms with Crippen LogP contribution >= 0.6 is 0 Å². The van der Waals surface area contributed by atoms with Crippen molar-refractivity contribution in [2.75, 3.05) is 29.2 Å². The van der Waals surface area contributed by atoms with Crippen LogP contribution in [0.5, 0.6) is 0 Å². The van der Waals surface area contributed by atoms with E-state index < -0.39 is 35.5 Å². The molecule has 4 heterocycles. The van der Waals surface area contributed by atoms with Gasteiger partial charge in [0, 0.05) is 37.9 Å². The van der Waals surface area contributed by atoms with Gasteiger partial charge in [0.05, 0.1) is 45.0 Å². The maximum Gasteiger partial charge on any atom is 0.433 e. The number of fused-ring (bicyclic) bond motifs is 2. The number of carbonyl (C=O) groups is 3. The number of rotatable bonds is 9. The van der Waals surface area contributed by atoms with Gasteiger partial charge in [-0.3, -0.25) is 10.4 Å². The number of hydrogen-bond acceptors (Lipinski definition) is 12. The molecule has 4 N–H and O–H groups in total. The zero-order valence-electron chi connectivity index (χ0n) is 33.7. The van der Waals surface area contributed by atoms with E-state index in [1.807, 2.05) is 44.7 Å². The lowest BCUT2D eigenvalue weighted by molar-refractivity contribution is -0.140. The molecule has 6 aromatic rings. The average Bonchev–Trinajstić information content (AvgIpc) is 3.67. The van der Waals surface area contributed by atoms with Crippen molar-refractivity contribution in [1.29, 1.82) is 0 Å². The van der Waals surface area contributed by atoms with E-state index in [2.05, 4.69) is 25.4 Å². The molecular weight excluding hydrogens is 773 g/mol. The predicted octanol–water partition coefficient (Wildman–Crippen LogP) is 8.16. The highest BCUT2D eigenvalue weighted by molar-refractivity contribution is 5.95. The number of anilines is 3. The number of aromatic carboxylic acids is 2. The summed E-state index contributed by atoms with van der Waals surface area (Å²) in [5, 5.41) is 26.5.